The van der Waals surface area contributed by atoms with E-state index in [2.05, 4.69) is 4.72 Å². The van der Waals surface area contributed by atoms with Crippen molar-refractivity contribution in [2.24, 2.45) is 0 Å². The Balaban J connectivity index is 2.25. The third-order valence-corrected chi connectivity index (χ3v) is 5.10. The average molecular weight is 315 g/mol. The minimum atomic E-state index is -3.71. The summed E-state index contributed by atoms with van der Waals surface area (Å²) in [5.74, 6) is 0.740. The van der Waals surface area contributed by atoms with Crippen molar-refractivity contribution in [1.82, 2.24) is 4.72 Å². The van der Waals surface area contributed by atoms with Crippen LogP contribution in [0.2, 0.25) is 0 Å². The maximum atomic E-state index is 12.5. The molecule has 1 aromatic carbocycles. The normalized spacial score (nSPS) is 20.2. The molecule has 1 N–H and O–H groups in total. The van der Waals surface area contributed by atoms with E-state index in [4.69, 9.17) is 14.2 Å². The van der Waals surface area contributed by atoms with Gasteiger partial charge in [-0.3, -0.25) is 0 Å². The van der Waals surface area contributed by atoms with Crippen LogP contribution in [0.3, 0.4) is 0 Å². The van der Waals surface area contributed by atoms with Crippen molar-refractivity contribution < 1.29 is 22.6 Å². The second-order valence-corrected chi connectivity index (χ2v) is 6.66. The lowest BCUT2D eigenvalue weighted by Gasteiger charge is -2.20. The molecule has 2 atom stereocenters. The lowest BCUT2D eigenvalue weighted by Crippen LogP contribution is -2.40. The second kappa shape index (κ2) is 6.64. The average Bonchev–Trinajstić information content (AvgIpc) is 3.00. The summed E-state index contributed by atoms with van der Waals surface area (Å²) < 4.78 is 43.5. The fourth-order valence-corrected chi connectivity index (χ4v) is 3.83. The molecule has 0 amide bonds. The molecule has 0 saturated carbocycles. The van der Waals surface area contributed by atoms with Gasteiger partial charge in [-0.2, -0.15) is 0 Å². The summed E-state index contributed by atoms with van der Waals surface area (Å²) in [6.07, 6.45) is 1.73. The minimum absolute atomic E-state index is 0.0641. The van der Waals surface area contributed by atoms with E-state index in [1.54, 1.807) is 19.1 Å². The van der Waals surface area contributed by atoms with Gasteiger partial charge < -0.3 is 14.2 Å². The van der Waals surface area contributed by atoms with Crippen molar-refractivity contribution in [1.29, 1.82) is 0 Å². The van der Waals surface area contributed by atoms with Gasteiger partial charge in [0.05, 0.1) is 20.3 Å². The van der Waals surface area contributed by atoms with Crippen LogP contribution in [0.4, 0.5) is 0 Å². The molecule has 1 aliphatic heterocycles. The standard InChI is InChI=1S/C14H21NO5S/c1-10(12-5-4-8-20-12)15-21(16,17)14-9-11(18-2)6-7-13(14)19-3/h6-7,9-10,12,15H,4-5,8H2,1-3H3/t10-,12+/m0/s1. The molecule has 1 saturated heterocycles. The highest BCUT2D eigenvalue weighted by Gasteiger charge is 2.28. The number of hydrogen-bond donors (Lipinski definition) is 1. The first-order valence-corrected chi connectivity index (χ1v) is 8.32. The number of benzene rings is 1. The van der Waals surface area contributed by atoms with Crippen LogP contribution in [0.15, 0.2) is 23.1 Å². The van der Waals surface area contributed by atoms with Crippen LogP contribution in [0.25, 0.3) is 0 Å². The number of methoxy groups -OCH3 is 2. The lowest BCUT2D eigenvalue weighted by atomic mass is 10.1. The van der Waals surface area contributed by atoms with Crippen LogP contribution >= 0.6 is 0 Å². The van der Waals surface area contributed by atoms with Crippen molar-refractivity contribution in [3.63, 3.8) is 0 Å². The van der Waals surface area contributed by atoms with Crippen LogP contribution in [0.1, 0.15) is 19.8 Å². The molecule has 1 aliphatic rings. The molecule has 7 heteroatoms. The molecule has 0 radical (unpaired) electrons. The van der Waals surface area contributed by atoms with Gasteiger partial charge in [0.1, 0.15) is 16.4 Å². The van der Waals surface area contributed by atoms with Gasteiger partial charge in [-0.25, -0.2) is 13.1 Å². The van der Waals surface area contributed by atoms with Gasteiger partial charge >= 0.3 is 0 Å². The number of ether oxygens (including phenoxy) is 3. The topological polar surface area (TPSA) is 73.9 Å². The van der Waals surface area contributed by atoms with Crippen molar-refractivity contribution >= 4 is 10.0 Å². The summed E-state index contributed by atoms with van der Waals surface area (Å²) in [6, 6.07) is 4.38. The Morgan fingerprint density at radius 2 is 2.10 bits per heavy atom. The second-order valence-electron chi connectivity index (χ2n) is 4.98. The molecule has 0 unspecified atom stereocenters. The molecule has 0 bridgehead atoms. The Labute approximate surface area is 125 Å². The Kier molecular flexibility index (Phi) is 5.08. The first-order chi connectivity index (χ1) is 9.97. The zero-order valence-corrected chi connectivity index (χ0v) is 13.3. The van der Waals surface area contributed by atoms with E-state index in [9.17, 15) is 8.42 Å². The van der Waals surface area contributed by atoms with Crippen LogP contribution in [0, 0.1) is 0 Å². The molecule has 1 fully saturated rings. The van der Waals surface area contributed by atoms with E-state index in [0.29, 0.717) is 12.4 Å². The zero-order valence-electron chi connectivity index (χ0n) is 12.5. The zero-order chi connectivity index (χ0) is 15.5. The number of rotatable bonds is 6. The summed E-state index contributed by atoms with van der Waals surface area (Å²) >= 11 is 0. The van der Waals surface area contributed by atoms with E-state index in [0.717, 1.165) is 12.8 Å². The van der Waals surface area contributed by atoms with E-state index in [1.807, 2.05) is 0 Å². The van der Waals surface area contributed by atoms with Crippen LogP contribution in [-0.4, -0.2) is 41.4 Å². The minimum Gasteiger partial charge on any atom is -0.497 e. The predicted molar refractivity (Wildman–Crippen MR) is 78.3 cm³/mol. The molecule has 0 spiro atoms. The van der Waals surface area contributed by atoms with Crippen LogP contribution < -0.4 is 14.2 Å². The fourth-order valence-electron chi connectivity index (χ4n) is 2.38. The lowest BCUT2D eigenvalue weighted by molar-refractivity contribution is 0.0902. The summed E-state index contributed by atoms with van der Waals surface area (Å²) in [6.45, 7) is 2.49. The summed E-state index contributed by atoms with van der Waals surface area (Å²) in [7, 11) is -0.786. The molecule has 2 rings (SSSR count). The van der Waals surface area contributed by atoms with E-state index < -0.39 is 10.0 Å². The van der Waals surface area contributed by atoms with Gasteiger partial charge in [-0.15, -0.1) is 0 Å². The molecule has 0 aromatic heterocycles. The molecule has 118 valence electrons. The van der Waals surface area contributed by atoms with E-state index in [-0.39, 0.29) is 22.8 Å². The van der Waals surface area contributed by atoms with Gasteiger partial charge in [0.15, 0.2) is 0 Å². The molecule has 1 aromatic rings. The molecular formula is C14H21NO5S. The van der Waals surface area contributed by atoms with E-state index in [1.165, 1.54) is 20.3 Å². The Morgan fingerprint density at radius 3 is 2.67 bits per heavy atom. The van der Waals surface area contributed by atoms with Crippen molar-refractivity contribution in [3.8, 4) is 11.5 Å². The maximum absolute atomic E-state index is 12.5. The maximum Gasteiger partial charge on any atom is 0.244 e. The first kappa shape index (κ1) is 16.1. The van der Waals surface area contributed by atoms with Crippen molar-refractivity contribution in [2.45, 2.75) is 36.8 Å². The predicted octanol–water partition coefficient (Wildman–Crippen LogP) is 1.55. The van der Waals surface area contributed by atoms with Gasteiger partial charge in [-0.05, 0) is 31.9 Å². The summed E-state index contributed by atoms with van der Waals surface area (Å²) in [5, 5.41) is 0. The highest BCUT2D eigenvalue weighted by Crippen LogP contribution is 2.28. The SMILES string of the molecule is COc1ccc(OC)c(S(=O)(=O)N[C@@H](C)[C@H]2CCCO2)c1. The molecule has 1 heterocycles. The Bertz CT molecular complexity index is 581. The van der Waals surface area contributed by atoms with Crippen LogP contribution in [0.5, 0.6) is 11.5 Å². The Hall–Kier alpha value is -1.31. The molecule has 21 heavy (non-hydrogen) atoms. The van der Waals surface area contributed by atoms with Crippen molar-refractivity contribution in [3.05, 3.63) is 18.2 Å². The molecule has 6 nitrogen and oxygen atoms in total. The molecular weight excluding hydrogens is 294 g/mol. The van der Waals surface area contributed by atoms with Gasteiger partial charge in [0.25, 0.3) is 0 Å². The summed E-state index contributed by atoms with van der Waals surface area (Å²) in [4.78, 5) is 0.0641. The fraction of sp³-hybridized carbons (Fsp3) is 0.571. The number of hydrogen-bond acceptors (Lipinski definition) is 5. The van der Waals surface area contributed by atoms with Crippen molar-refractivity contribution in [2.75, 3.05) is 20.8 Å². The number of sulfonamides is 1. The third kappa shape index (κ3) is 3.66. The quantitative estimate of drug-likeness (QED) is 0.862. The highest BCUT2D eigenvalue weighted by atomic mass is 32.2. The summed E-state index contributed by atoms with van der Waals surface area (Å²) in [5.41, 5.74) is 0. The van der Waals surface area contributed by atoms with E-state index >= 15 is 0 Å². The van der Waals surface area contributed by atoms with Crippen LogP contribution in [-0.2, 0) is 14.8 Å². The van der Waals surface area contributed by atoms with Gasteiger partial charge in [-0.1, -0.05) is 0 Å². The third-order valence-electron chi connectivity index (χ3n) is 3.52. The number of nitrogens with one attached hydrogen (secondary N) is 1. The highest BCUT2D eigenvalue weighted by molar-refractivity contribution is 7.89. The van der Waals surface area contributed by atoms with Gasteiger partial charge in [0, 0.05) is 18.7 Å². The molecule has 0 aliphatic carbocycles. The monoisotopic (exact) mass is 315 g/mol. The largest absolute Gasteiger partial charge is 0.497 e. The van der Waals surface area contributed by atoms with Gasteiger partial charge in [0.2, 0.25) is 10.0 Å². The first-order valence-electron chi connectivity index (χ1n) is 6.84. The Morgan fingerprint density at radius 1 is 1.33 bits per heavy atom. The smallest absolute Gasteiger partial charge is 0.244 e.